The van der Waals surface area contributed by atoms with Crippen LogP contribution in [0.1, 0.15) is 25.5 Å². The van der Waals surface area contributed by atoms with Crippen LogP contribution in [-0.2, 0) is 0 Å². The Morgan fingerprint density at radius 2 is 2.28 bits per heavy atom. The minimum atomic E-state index is 0.208. The van der Waals surface area contributed by atoms with Crippen LogP contribution in [0.15, 0.2) is 24.9 Å². The van der Waals surface area contributed by atoms with Crippen molar-refractivity contribution in [2.75, 3.05) is 7.11 Å². The Labute approximate surface area is 106 Å². The number of rotatable bonds is 4. The van der Waals surface area contributed by atoms with Gasteiger partial charge in [-0.1, -0.05) is 6.58 Å². The van der Waals surface area contributed by atoms with Crippen LogP contribution < -0.4 is 4.74 Å². The van der Waals surface area contributed by atoms with Gasteiger partial charge in [-0.15, -0.1) is 0 Å². The fourth-order valence-corrected chi connectivity index (χ4v) is 1.87. The number of hydrogen-bond donors (Lipinski definition) is 1. The molecule has 2 aromatic rings. The summed E-state index contributed by atoms with van der Waals surface area (Å²) in [5.74, 6) is 0. The molecule has 0 aliphatic carbocycles. The molecule has 0 atom stereocenters. The molecule has 2 heterocycles. The minimum absolute atomic E-state index is 0.208. The maximum absolute atomic E-state index is 7.76. The van der Waals surface area contributed by atoms with Crippen LogP contribution in [0, 0.1) is 5.41 Å². The molecule has 0 aliphatic rings. The molecular formula is C13H16N4O. The van der Waals surface area contributed by atoms with Gasteiger partial charge in [0.15, 0.2) is 5.65 Å². The highest BCUT2D eigenvalue weighted by Crippen LogP contribution is 2.25. The zero-order valence-electron chi connectivity index (χ0n) is 10.8. The van der Waals surface area contributed by atoms with E-state index in [9.17, 15) is 0 Å². The molecule has 0 aromatic carbocycles. The Morgan fingerprint density at radius 3 is 2.83 bits per heavy atom. The first-order chi connectivity index (χ1) is 8.58. The van der Waals surface area contributed by atoms with Crippen molar-refractivity contribution in [3.05, 3.63) is 30.5 Å². The molecule has 0 saturated heterocycles. The summed E-state index contributed by atoms with van der Waals surface area (Å²) in [5.41, 5.74) is 2.56. The molecule has 0 unspecified atom stereocenters. The van der Waals surface area contributed by atoms with Gasteiger partial charge < -0.3 is 10.1 Å². The van der Waals surface area contributed by atoms with Crippen LogP contribution in [0.25, 0.3) is 11.2 Å². The van der Waals surface area contributed by atoms with Gasteiger partial charge in [0.1, 0.15) is 0 Å². The van der Waals surface area contributed by atoms with Crippen LogP contribution in [0.4, 0.5) is 0 Å². The van der Waals surface area contributed by atoms with E-state index in [1.165, 1.54) is 6.08 Å². The molecule has 0 amide bonds. The largest absolute Gasteiger partial charge is 0.468 e. The fraction of sp³-hybridized carbons (Fsp3) is 0.308. The van der Waals surface area contributed by atoms with Crippen molar-refractivity contribution in [1.29, 1.82) is 5.41 Å². The van der Waals surface area contributed by atoms with E-state index in [0.29, 0.717) is 17.4 Å². The summed E-state index contributed by atoms with van der Waals surface area (Å²) in [6, 6.07) is 2.64. The summed E-state index contributed by atoms with van der Waals surface area (Å²) in [4.78, 5) is 8.57. The fourth-order valence-electron chi connectivity index (χ4n) is 1.87. The Bertz CT molecular complexity index is 613. The zero-order valence-corrected chi connectivity index (χ0v) is 10.8. The van der Waals surface area contributed by atoms with Crippen molar-refractivity contribution < 1.29 is 4.74 Å². The van der Waals surface area contributed by atoms with Crippen molar-refractivity contribution in [2.24, 2.45) is 0 Å². The minimum Gasteiger partial charge on any atom is -0.468 e. The molecule has 5 heteroatoms. The quantitative estimate of drug-likeness (QED) is 0.841. The third-order valence-corrected chi connectivity index (χ3v) is 2.73. The average Bonchev–Trinajstić information content (AvgIpc) is 2.75. The van der Waals surface area contributed by atoms with Crippen LogP contribution in [0.5, 0.6) is 6.01 Å². The van der Waals surface area contributed by atoms with E-state index in [1.807, 2.05) is 10.6 Å². The molecule has 2 rings (SSSR count). The van der Waals surface area contributed by atoms with Gasteiger partial charge in [0.05, 0.1) is 18.3 Å². The van der Waals surface area contributed by atoms with E-state index < -0.39 is 0 Å². The summed E-state index contributed by atoms with van der Waals surface area (Å²) in [5, 5.41) is 7.76. The predicted molar refractivity (Wildman–Crippen MR) is 71.5 cm³/mol. The molecule has 0 fully saturated rings. The highest BCUT2D eigenvalue weighted by atomic mass is 16.5. The van der Waals surface area contributed by atoms with Gasteiger partial charge in [-0.3, -0.25) is 4.57 Å². The summed E-state index contributed by atoms with van der Waals surface area (Å²) in [6.45, 7) is 7.70. The van der Waals surface area contributed by atoms with Gasteiger partial charge in [0, 0.05) is 17.8 Å². The number of aromatic nitrogens is 3. The predicted octanol–water partition coefficient (Wildman–Crippen LogP) is 2.57. The van der Waals surface area contributed by atoms with Gasteiger partial charge in [0.2, 0.25) is 0 Å². The molecule has 0 bridgehead atoms. The Kier molecular flexibility index (Phi) is 3.14. The second-order valence-corrected chi connectivity index (χ2v) is 4.25. The van der Waals surface area contributed by atoms with Crippen molar-refractivity contribution in [3.63, 3.8) is 0 Å². The molecule has 2 aromatic heterocycles. The Balaban J connectivity index is 2.70. The third kappa shape index (κ3) is 1.88. The monoisotopic (exact) mass is 244 g/mol. The number of pyridine rings is 1. The lowest BCUT2D eigenvalue weighted by Gasteiger charge is -2.11. The van der Waals surface area contributed by atoms with Gasteiger partial charge in [-0.05, 0) is 26.0 Å². The van der Waals surface area contributed by atoms with Crippen molar-refractivity contribution in [1.82, 2.24) is 14.5 Å². The van der Waals surface area contributed by atoms with Gasteiger partial charge in [-0.25, -0.2) is 4.98 Å². The van der Waals surface area contributed by atoms with E-state index in [1.54, 1.807) is 13.3 Å². The molecule has 0 spiro atoms. The molecule has 1 N–H and O–H groups in total. The lowest BCUT2D eigenvalue weighted by molar-refractivity contribution is 0.350. The first-order valence-corrected chi connectivity index (χ1v) is 5.71. The molecule has 0 saturated carbocycles. The van der Waals surface area contributed by atoms with E-state index in [2.05, 4.69) is 30.4 Å². The van der Waals surface area contributed by atoms with Crippen LogP contribution >= 0.6 is 0 Å². The number of methoxy groups -OCH3 is 1. The van der Waals surface area contributed by atoms with Crippen molar-refractivity contribution in [3.8, 4) is 6.01 Å². The molecule has 94 valence electrons. The number of imidazole rings is 1. The number of nitrogens with zero attached hydrogens (tertiary/aromatic N) is 3. The first kappa shape index (κ1) is 12.3. The highest BCUT2D eigenvalue weighted by molar-refractivity contribution is 6.07. The zero-order chi connectivity index (χ0) is 13.3. The van der Waals surface area contributed by atoms with Crippen LogP contribution in [0.2, 0.25) is 0 Å². The maximum atomic E-state index is 7.76. The maximum Gasteiger partial charge on any atom is 0.298 e. The molecular weight excluding hydrogens is 228 g/mol. The van der Waals surface area contributed by atoms with E-state index >= 15 is 0 Å². The van der Waals surface area contributed by atoms with E-state index in [0.717, 1.165) is 11.1 Å². The first-order valence-electron chi connectivity index (χ1n) is 5.71. The second kappa shape index (κ2) is 4.60. The number of nitrogens with one attached hydrogen (secondary N) is 1. The summed E-state index contributed by atoms with van der Waals surface area (Å²) >= 11 is 0. The lowest BCUT2D eigenvalue weighted by atomic mass is 10.1. The van der Waals surface area contributed by atoms with Crippen molar-refractivity contribution >= 4 is 16.9 Å². The summed E-state index contributed by atoms with van der Waals surface area (Å²) in [6.07, 6.45) is 3.12. The molecule has 5 nitrogen and oxygen atoms in total. The number of ether oxygens (including phenoxy) is 1. The topological polar surface area (TPSA) is 63.8 Å². The normalized spacial score (nSPS) is 10.9. The second-order valence-electron chi connectivity index (χ2n) is 4.25. The van der Waals surface area contributed by atoms with Gasteiger partial charge in [0.25, 0.3) is 6.01 Å². The van der Waals surface area contributed by atoms with Gasteiger partial charge >= 0.3 is 0 Å². The smallest absolute Gasteiger partial charge is 0.298 e. The lowest BCUT2D eigenvalue weighted by Crippen LogP contribution is -2.04. The SMILES string of the molecule is C=CC(=N)c1cnc2nc(OC)n(C(C)C)c2c1. The standard InChI is InChI=1S/C13H16N4O/c1-5-10(14)9-6-11-12(15-7-9)16-13(18-4)17(11)8(2)3/h5-8,14H,1H2,2-4H3. The van der Waals surface area contributed by atoms with Gasteiger partial charge in [-0.2, -0.15) is 4.98 Å². The Morgan fingerprint density at radius 1 is 1.56 bits per heavy atom. The van der Waals surface area contributed by atoms with E-state index in [4.69, 9.17) is 10.1 Å². The molecule has 0 radical (unpaired) electrons. The van der Waals surface area contributed by atoms with Crippen molar-refractivity contribution in [2.45, 2.75) is 19.9 Å². The third-order valence-electron chi connectivity index (χ3n) is 2.73. The van der Waals surface area contributed by atoms with Crippen LogP contribution in [0.3, 0.4) is 0 Å². The Hall–Kier alpha value is -2.17. The molecule has 0 aliphatic heterocycles. The number of allylic oxidation sites excluding steroid dienone is 1. The number of hydrogen-bond acceptors (Lipinski definition) is 4. The summed E-state index contributed by atoms with van der Waals surface area (Å²) < 4.78 is 7.22. The number of fused-ring (bicyclic) bond motifs is 1. The summed E-state index contributed by atoms with van der Waals surface area (Å²) in [7, 11) is 1.59. The average molecular weight is 244 g/mol. The van der Waals surface area contributed by atoms with E-state index in [-0.39, 0.29) is 6.04 Å². The van der Waals surface area contributed by atoms with Crippen LogP contribution in [-0.4, -0.2) is 27.4 Å². The highest BCUT2D eigenvalue weighted by Gasteiger charge is 2.15. The molecule has 18 heavy (non-hydrogen) atoms.